The van der Waals surface area contributed by atoms with Crippen molar-refractivity contribution < 1.29 is 9.90 Å². The van der Waals surface area contributed by atoms with Crippen LogP contribution in [0.1, 0.15) is 22.8 Å². The van der Waals surface area contributed by atoms with Crippen molar-refractivity contribution in [1.82, 2.24) is 20.6 Å². The van der Waals surface area contributed by atoms with Crippen LogP contribution in [0.25, 0.3) is 0 Å². The summed E-state index contributed by atoms with van der Waals surface area (Å²) in [7, 11) is 0. The number of rotatable bonds is 7. The van der Waals surface area contributed by atoms with Crippen molar-refractivity contribution in [2.24, 2.45) is 0 Å². The zero-order valence-corrected chi connectivity index (χ0v) is 14.1. The third kappa shape index (κ3) is 6.34. The topological polar surface area (TPSA) is 87.1 Å². The Balaban J connectivity index is 1.66. The molecule has 0 radical (unpaired) electrons. The van der Waals surface area contributed by atoms with Crippen LogP contribution in [0, 0.1) is 13.8 Å². The molecule has 0 bridgehead atoms. The first-order valence-electron chi connectivity index (χ1n) is 8.08. The highest BCUT2D eigenvalue weighted by atomic mass is 16.3. The van der Waals surface area contributed by atoms with Crippen LogP contribution < -0.4 is 10.6 Å². The second-order valence-electron chi connectivity index (χ2n) is 5.80. The first-order chi connectivity index (χ1) is 11.5. The highest BCUT2D eigenvalue weighted by Crippen LogP contribution is 2.02. The van der Waals surface area contributed by atoms with Gasteiger partial charge in [0.15, 0.2) is 0 Å². The van der Waals surface area contributed by atoms with Gasteiger partial charge in [0, 0.05) is 37.3 Å². The fraction of sp³-hybridized carbons (Fsp3) is 0.389. The van der Waals surface area contributed by atoms with Crippen molar-refractivity contribution in [2.45, 2.75) is 32.8 Å². The van der Waals surface area contributed by atoms with Gasteiger partial charge in [-0.3, -0.25) is 0 Å². The van der Waals surface area contributed by atoms with Gasteiger partial charge in [0.2, 0.25) is 0 Å². The van der Waals surface area contributed by atoms with Crippen LogP contribution in [0.15, 0.2) is 36.4 Å². The average molecular weight is 328 g/mol. The summed E-state index contributed by atoms with van der Waals surface area (Å²) in [5.74, 6) is 0.719. The van der Waals surface area contributed by atoms with Gasteiger partial charge in [0.05, 0.1) is 6.10 Å². The highest BCUT2D eigenvalue weighted by Gasteiger charge is 2.08. The number of hydrogen-bond acceptors (Lipinski definition) is 4. The molecule has 6 heteroatoms. The summed E-state index contributed by atoms with van der Waals surface area (Å²) in [5, 5.41) is 15.4. The molecule has 1 aromatic carbocycles. The first-order valence-corrected chi connectivity index (χ1v) is 8.08. The molecule has 0 saturated carbocycles. The minimum atomic E-state index is -0.610. The number of benzene rings is 1. The summed E-state index contributed by atoms with van der Waals surface area (Å²) in [6, 6.07) is 11.3. The lowest BCUT2D eigenvalue weighted by atomic mass is 10.1. The number of aryl methyl sites for hydroxylation is 2. The molecule has 0 aliphatic carbocycles. The number of carbonyl (C=O) groups excluding carboxylic acids is 1. The van der Waals surface area contributed by atoms with Crippen molar-refractivity contribution in [1.29, 1.82) is 0 Å². The van der Waals surface area contributed by atoms with E-state index in [1.165, 1.54) is 0 Å². The zero-order valence-electron chi connectivity index (χ0n) is 14.1. The molecular weight excluding hydrogens is 304 g/mol. The molecule has 0 saturated heterocycles. The Morgan fingerprint density at radius 2 is 1.79 bits per heavy atom. The molecule has 1 atom stereocenters. The summed E-state index contributed by atoms with van der Waals surface area (Å²) < 4.78 is 0. The number of carbonyl (C=O) groups is 1. The summed E-state index contributed by atoms with van der Waals surface area (Å²) in [4.78, 5) is 20.4. The van der Waals surface area contributed by atoms with Crippen LogP contribution in [-0.4, -0.2) is 40.3 Å². The third-order valence-corrected chi connectivity index (χ3v) is 3.48. The fourth-order valence-corrected chi connectivity index (χ4v) is 2.43. The molecule has 3 N–H and O–H groups in total. The molecule has 0 fully saturated rings. The van der Waals surface area contributed by atoms with E-state index in [1.807, 2.05) is 50.2 Å². The minimum absolute atomic E-state index is 0.209. The molecule has 0 spiro atoms. The number of aliphatic hydroxyl groups excluding tert-OH is 1. The monoisotopic (exact) mass is 328 g/mol. The molecule has 128 valence electrons. The van der Waals surface area contributed by atoms with E-state index in [2.05, 4.69) is 20.6 Å². The lowest BCUT2D eigenvalue weighted by molar-refractivity contribution is 0.170. The summed E-state index contributed by atoms with van der Waals surface area (Å²) in [5.41, 5.74) is 2.89. The Kier molecular flexibility index (Phi) is 6.69. The first kappa shape index (κ1) is 17.9. The van der Waals surface area contributed by atoms with Gasteiger partial charge in [-0.2, -0.15) is 0 Å². The van der Waals surface area contributed by atoms with E-state index in [0.717, 1.165) is 22.8 Å². The van der Waals surface area contributed by atoms with Crippen molar-refractivity contribution in [2.75, 3.05) is 13.1 Å². The van der Waals surface area contributed by atoms with Gasteiger partial charge in [-0.1, -0.05) is 30.3 Å². The molecule has 2 rings (SSSR count). The Hall–Kier alpha value is -2.47. The van der Waals surface area contributed by atoms with Crippen molar-refractivity contribution in [3.05, 3.63) is 59.2 Å². The van der Waals surface area contributed by atoms with Gasteiger partial charge in [0.1, 0.15) is 5.82 Å². The van der Waals surface area contributed by atoms with Gasteiger partial charge >= 0.3 is 6.03 Å². The molecule has 0 unspecified atom stereocenters. The maximum atomic E-state index is 11.7. The summed E-state index contributed by atoms with van der Waals surface area (Å²) >= 11 is 0. The SMILES string of the molecule is Cc1cc(C)nc(CCNC(=O)NC[C@@H](O)Cc2ccccc2)n1. The van der Waals surface area contributed by atoms with Crippen LogP contribution in [0.2, 0.25) is 0 Å². The van der Waals surface area contributed by atoms with Gasteiger partial charge in [-0.25, -0.2) is 14.8 Å². The van der Waals surface area contributed by atoms with E-state index in [9.17, 15) is 9.90 Å². The summed E-state index contributed by atoms with van der Waals surface area (Å²) in [6.45, 7) is 4.50. The molecule has 6 nitrogen and oxygen atoms in total. The number of aliphatic hydroxyl groups is 1. The quantitative estimate of drug-likeness (QED) is 0.719. The second-order valence-corrected chi connectivity index (χ2v) is 5.80. The number of nitrogens with zero attached hydrogens (tertiary/aromatic N) is 2. The van der Waals surface area contributed by atoms with E-state index in [4.69, 9.17) is 0 Å². The number of urea groups is 1. The normalized spacial score (nSPS) is 11.8. The van der Waals surface area contributed by atoms with Gasteiger partial charge in [0.25, 0.3) is 0 Å². The molecule has 1 heterocycles. The van der Waals surface area contributed by atoms with Crippen molar-refractivity contribution >= 4 is 6.03 Å². The standard InChI is InChI=1S/C18H24N4O2/c1-13-10-14(2)22-17(21-13)8-9-19-18(24)20-12-16(23)11-15-6-4-3-5-7-15/h3-7,10,16,23H,8-9,11-12H2,1-2H3,(H2,19,20,24)/t16-/m0/s1. The predicted molar refractivity (Wildman–Crippen MR) is 92.8 cm³/mol. The van der Waals surface area contributed by atoms with E-state index in [1.54, 1.807) is 0 Å². The van der Waals surface area contributed by atoms with Crippen LogP contribution in [0.4, 0.5) is 4.79 Å². The minimum Gasteiger partial charge on any atom is -0.391 e. The Morgan fingerprint density at radius 3 is 2.46 bits per heavy atom. The molecule has 24 heavy (non-hydrogen) atoms. The van der Waals surface area contributed by atoms with Gasteiger partial charge in [-0.05, 0) is 25.5 Å². The van der Waals surface area contributed by atoms with Crippen LogP contribution in [0.3, 0.4) is 0 Å². The van der Waals surface area contributed by atoms with E-state index >= 15 is 0 Å². The van der Waals surface area contributed by atoms with E-state index < -0.39 is 6.10 Å². The van der Waals surface area contributed by atoms with E-state index in [-0.39, 0.29) is 12.6 Å². The van der Waals surface area contributed by atoms with Crippen molar-refractivity contribution in [3.8, 4) is 0 Å². The summed E-state index contributed by atoms with van der Waals surface area (Å²) in [6.07, 6.45) is 0.473. The van der Waals surface area contributed by atoms with Crippen LogP contribution in [0.5, 0.6) is 0 Å². The average Bonchev–Trinajstić information content (AvgIpc) is 2.53. The highest BCUT2D eigenvalue weighted by molar-refractivity contribution is 5.73. The largest absolute Gasteiger partial charge is 0.391 e. The Bertz CT molecular complexity index is 641. The predicted octanol–water partition coefficient (Wildman–Crippen LogP) is 1.54. The molecule has 2 amide bonds. The Labute approximate surface area is 142 Å². The van der Waals surface area contributed by atoms with Gasteiger partial charge in [-0.15, -0.1) is 0 Å². The maximum absolute atomic E-state index is 11.7. The molecular formula is C18H24N4O2. The lowest BCUT2D eigenvalue weighted by Gasteiger charge is -2.12. The number of amides is 2. The fourth-order valence-electron chi connectivity index (χ4n) is 2.43. The number of hydrogen-bond donors (Lipinski definition) is 3. The van der Waals surface area contributed by atoms with Gasteiger partial charge < -0.3 is 15.7 Å². The number of aromatic nitrogens is 2. The smallest absolute Gasteiger partial charge is 0.314 e. The van der Waals surface area contributed by atoms with Crippen LogP contribution in [-0.2, 0) is 12.8 Å². The number of nitrogens with one attached hydrogen (secondary N) is 2. The molecule has 0 aliphatic rings. The second kappa shape index (κ2) is 8.98. The zero-order chi connectivity index (χ0) is 17.4. The molecule has 2 aromatic rings. The molecule has 0 aliphatic heterocycles. The van der Waals surface area contributed by atoms with Crippen LogP contribution >= 0.6 is 0 Å². The Morgan fingerprint density at radius 1 is 1.12 bits per heavy atom. The lowest BCUT2D eigenvalue weighted by Crippen LogP contribution is -2.41. The molecule has 1 aromatic heterocycles. The third-order valence-electron chi connectivity index (χ3n) is 3.48. The van der Waals surface area contributed by atoms with E-state index in [0.29, 0.717) is 19.4 Å². The van der Waals surface area contributed by atoms with Crippen molar-refractivity contribution in [3.63, 3.8) is 0 Å². The maximum Gasteiger partial charge on any atom is 0.314 e.